The van der Waals surface area contributed by atoms with E-state index in [1.807, 2.05) is 67.6 Å². The summed E-state index contributed by atoms with van der Waals surface area (Å²) in [7, 11) is -4.17. The van der Waals surface area contributed by atoms with Crippen molar-refractivity contribution in [2.24, 2.45) is 0 Å². The third-order valence-corrected chi connectivity index (χ3v) is 10.5. The minimum atomic E-state index is -4.17. The Morgan fingerprint density at radius 1 is 0.830 bits per heavy atom. The maximum Gasteiger partial charge on any atom is 0.261 e. The molecule has 5 aromatic carbocycles. The SMILES string of the molecule is Cc1ccc(S(=O)(=O)N/C(=C2\C(=O)C[C@]3(C(=O)N(Cc4ccccc4)c4ccc(F)cc43)[C@@H]2c2ccccc2)c2ccccc2)cc1. The number of allylic oxidation sites excluding steroid dienone is 1. The molecule has 1 N–H and O–H groups in total. The van der Waals surface area contributed by atoms with Crippen LogP contribution < -0.4 is 9.62 Å². The van der Waals surface area contributed by atoms with Crippen LogP contribution in [0.15, 0.2) is 144 Å². The molecule has 1 aliphatic heterocycles. The molecule has 0 bridgehead atoms. The average molecular weight is 643 g/mol. The summed E-state index contributed by atoms with van der Waals surface area (Å²) in [6.07, 6.45) is -0.259. The number of Topliss-reactive ketones (excluding diaryl/α,β-unsaturated/α-hetero) is 1. The van der Waals surface area contributed by atoms with Crippen molar-refractivity contribution < 1.29 is 22.4 Å². The average Bonchev–Trinajstić information content (AvgIpc) is 3.51. The molecule has 1 saturated carbocycles. The number of carbonyl (C=O) groups is 2. The summed E-state index contributed by atoms with van der Waals surface area (Å²) in [4.78, 5) is 31.2. The summed E-state index contributed by atoms with van der Waals surface area (Å²) in [5.74, 6) is -2.19. The molecule has 47 heavy (non-hydrogen) atoms. The molecule has 1 fully saturated rings. The maximum atomic E-state index is 15.1. The Hall–Kier alpha value is -5.34. The first-order valence-electron chi connectivity index (χ1n) is 15.3. The summed E-state index contributed by atoms with van der Waals surface area (Å²) in [6.45, 7) is 2.09. The lowest BCUT2D eigenvalue weighted by Gasteiger charge is -2.32. The largest absolute Gasteiger partial charge is 0.307 e. The number of anilines is 1. The Morgan fingerprint density at radius 2 is 1.45 bits per heavy atom. The molecule has 7 rings (SSSR count). The van der Waals surface area contributed by atoms with Gasteiger partial charge in [-0.05, 0) is 59.5 Å². The summed E-state index contributed by atoms with van der Waals surface area (Å²) >= 11 is 0. The number of halogens is 1. The molecule has 2 aliphatic rings. The van der Waals surface area contributed by atoms with Crippen LogP contribution in [0, 0.1) is 12.7 Å². The van der Waals surface area contributed by atoms with Crippen molar-refractivity contribution >= 4 is 33.1 Å². The van der Waals surface area contributed by atoms with Gasteiger partial charge >= 0.3 is 0 Å². The molecule has 1 amide bonds. The van der Waals surface area contributed by atoms with Gasteiger partial charge in [0, 0.05) is 23.6 Å². The second-order valence-corrected chi connectivity index (χ2v) is 13.7. The van der Waals surface area contributed by atoms with Gasteiger partial charge in [0.2, 0.25) is 5.91 Å². The number of ketones is 1. The van der Waals surface area contributed by atoms with Crippen molar-refractivity contribution in [1.29, 1.82) is 0 Å². The fourth-order valence-electron chi connectivity index (χ4n) is 6.96. The van der Waals surface area contributed by atoms with Crippen LogP contribution in [0.2, 0.25) is 0 Å². The Kier molecular flexibility index (Phi) is 7.60. The van der Waals surface area contributed by atoms with Crippen molar-refractivity contribution in [2.45, 2.75) is 36.1 Å². The van der Waals surface area contributed by atoms with Gasteiger partial charge in [0.05, 0.1) is 22.6 Å². The zero-order chi connectivity index (χ0) is 32.8. The molecule has 1 aliphatic carbocycles. The van der Waals surface area contributed by atoms with E-state index in [4.69, 9.17) is 0 Å². The first-order chi connectivity index (χ1) is 22.7. The van der Waals surface area contributed by atoms with Gasteiger partial charge in [-0.2, -0.15) is 0 Å². The van der Waals surface area contributed by atoms with E-state index in [0.29, 0.717) is 22.4 Å². The highest BCUT2D eigenvalue weighted by Gasteiger charge is 2.63. The van der Waals surface area contributed by atoms with E-state index in [1.165, 1.54) is 24.3 Å². The normalized spacial score (nSPS) is 20.0. The highest BCUT2D eigenvalue weighted by atomic mass is 32.2. The molecule has 0 saturated heterocycles. The number of amides is 1. The standard InChI is InChI=1S/C39H31FN2O4S/c1-26-17-20-31(21-18-26)47(45,46)41-37(29-15-9-4-10-16-29)35-34(43)24-39(36(35)28-13-7-3-8-14-28)32-23-30(40)19-22-33(32)42(38(39)44)25-27-11-5-2-6-12-27/h2-23,36,41H,24-25H2,1H3/b37-35+/t36-,39-/m1/s1. The van der Waals surface area contributed by atoms with E-state index in [1.54, 1.807) is 53.4 Å². The van der Waals surface area contributed by atoms with Crippen LogP contribution in [0.3, 0.4) is 0 Å². The second-order valence-electron chi connectivity index (χ2n) is 12.0. The summed E-state index contributed by atoms with van der Waals surface area (Å²) in [5, 5.41) is 0. The van der Waals surface area contributed by atoms with Crippen molar-refractivity contribution in [3.05, 3.63) is 173 Å². The van der Waals surface area contributed by atoms with E-state index in [9.17, 15) is 18.0 Å². The predicted molar refractivity (Wildman–Crippen MR) is 179 cm³/mol. The number of nitrogens with zero attached hydrogens (tertiary/aromatic N) is 1. The van der Waals surface area contributed by atoms with E-state index < -0.39 is 33.0 Å². The van der Waals surface area contributed by atoms with Crippen molar-refractivity contribution in [3.8, 4) is 0 Å². The Morgan fingerprint density at radius 3 is 2.11 bits per heavy atom. The number of fused-ring (bicyclic) bond motifs is 2. The molecular formula is C39H31FN2O4S. The lowest BCUT2D eigenvalue weighted by Crippen LogP contribution is -2.42. The minimum Gasteiger partial charge on any atom is -0.307 e. The number of hydrogen-bond acceptors (Lipinski definition) is 4. The number of benzene rings is 5. The van der Waals surface area contributed by atoms with Gasteiger partial charge in [0.25, 0.3) is 10.0 Å². The van der Waals surface area contributed by atoms with Gasteiger partial charge in [0.1, 0.15) is 5.82 Å². The van der Waals surface area contributed by atoms with Crippen LogP contribution in [0.25, 0.3) is 5.70 Å². The summed E-state index contributed by atoms with van der Waals surface area (Å²) in [5.41, 5.74) is 2.54. The van der Waals surface area contributed by atoms with Gasteiger partial charge in [-0.15, -0.1) is 0 Å². The Labute approximate surface area is 273 Å². The minimum absolute atomic E-state index is 0.0342. The zero-order valence-corrected chi connectivity index (χ0v) is 26.4. The van der Waals surface area contributed by atoms with E-state index >= 15 is 4.39 Å². The van der Waals surface area contributed by atoms with E-state index in [0.717, 1.165) is 11.1 Å². The van der Waals surface area contributed by atoms with Crippen LogP contribution in [-0.4, -0.2) is 20.1 Å². The molecule has 1 spiro atoms. The zero-order valence-electron chi connectivity index (χ0n) is 25.6. The predicted octanol–water partition coefficient (Wildman–Crippen LogP) is 7.07. The highest BCUT2D eigenvalue weighted by Crippen LogP contribution is 2.60. The lowest BCUT2D eigenvalue weighted by atomic mass is 9.69. The smallest absolute Gasteiger partial charge is 0.261 e. The fourth-order valence-corrected chi connectivity index (χ4v) is 8.07. The van der Waals surface area contributed by atoms with Crippen molar-refractivity contribution in [1.82, 2.24) is 4.72 Å². The fraction of sp³-hybridized carbons (Fsp3) is 0.128. The molecule has 234 valence electrons. The van der Waals surface area contributed by atoms with Crippen LogP contribution in [0.4, 0.5) is 10.1 Å². The molecule has 6 nitrogen and oxygen atoms in total. The number of aryl methyl sites for hydroxylation is 1. The van der Waals surface area contributed by atoms with Gasteiger partial charge < -0.3 is 4.90 Å². The molecule has 0 radical (unpaired) electrons. The second kappa shape index (κ2) is 11.8. The third kappa shape index (κ3) is 5.24. The molecule has 2 atom stereocenters. The molecule has 1 heterocycles. The number of rotatable bonds is 7. The van der Waals surface area contributed by atoms with Gasteiger partial charge in [-0.1, -0.05) is 109 Å². The van der Waals surface area contributed by atoms with Gasteiger partial charge in [-0.25, -0.2) is 12.8 Å². The maximum absolute atomic E-state index is 15.1. The molecule has 5 aromatic rings. The topological polar surface area (TPSA) is 83.5 Å². The number of carbonyl (C=O) groups excluding carboxylic acids is 2. The van der Waals surface area contributed by atoms with E-state index in [-0.39, 0.29) is 35.0 Å². The lowest BCUT2D eigenvalue weighted by molar-refractivity contribution is -0.125. The van der Waals surface area contributed by atoms with Crippen LogP contribution in [0.5, 0.6) is 0 Å². The molecule has 8 heteroatoms. The quantitative estimate of drug-likeness (QED) is 0.193. The summed E-state index contributed by atoms with van der Waals surface area (Å²) < 4.78 is 45.8. The Balaban J connectivity index is 1.49. The highest BCUT2D eigenvalue weighted by molar-refractivity contribution is 7.89. The van der Waals surface area contributed by atoms with Crippen LogP contribution >= 0.6 is 0 Å². The molecule has 0 unspecified atom stereocenters. The van der Waals surface area contributed by atoms with Crippen LogP contribution in [-0.2, 0) is 31.6 Å². The first-order valence-corrected chi connectivity index (χ1v) is 16.8. The summed E-state index contributed by atoms with van der Waals surface area (Å²) in [6, 6.07) is 38.1. The number of sulfonamides is 1. The third-order valence-electron chi connectivity index (χ3n) is 9.09. The first kappa shape index (κ1) is 30.3. The Bertz CT molecular complexity index is 2130. The van der Waals surface area contributed by atoms with Gasteiger partial charge in [-0.3, -0.25) is 14.3 Å². The monoisotopic (exact) mass is 642 g/mol. The van der Waals surface area contributed by atoms with E-state index in [2.05, 4.69) is 4.72 Å². The molecular weight excluding hydrogens is 612 g/mol. The number of nitrogens with one attached hydrogen (secondary N) is 1. The van der Waals surface area contributed by atoms with Crippen LogP contribution in [0.1, 0.15) is 40.2 Å². The molecule has 0 aromatic heterocycles. The van der Waals surface area contributed by atoms with Crippen molar-refractivity contribution in [3.63, 3.8) is 0 Å². The number of hydrogen-bond donors (Lipinski definition) is 1. The van der Waals surface area contributed by atoms with Crippen molar-refractivity contribution in [2.75, 3.05) is 4.90 Å². The van der Waals surface area contributed by atoms with Gasteiger partial charge in [0.15, 0.2) is 5.78 Å².